The summed E-state index contributed by atoms with van der Waals surface area (Å²) in [5.41, 5.74) is 3.09. The fourth-order valence-electron chi connectivity index (χ4n) is 3.46. The topological polar surface area (TPSA) is 47.3 Å². The molecule has 2 rings (SSSR count). The van der Waals surface area contributed by atoms with E-state index in [1.807, 2.05) is 0 Å². The molecule has 0 bridgehead atoms. The van der Waals surface area contributed by atoms with Crippen LogP contribution in [0, 0.1) is 5.41 Å². The molecule has 0 saturated heterocycles. The summed E-state index contributed by atoms with van der Waals surface area (Å²) in [5.74, 6) is 5.52. The van der Waals surface area contributed by atoms with E-state index in [2.05, 4.69) is 17.1 Å². The lowest BCUT2D eigenvalue weighted by Crippen LogP contribution is -2.40. The third-order valence-electron chi connectivity index (χ3n) is 4.54. The summed E-state index contributed by atoms with van der Waals surface area (Å²) in [4.78, 5) is 0. The summed E-state index contributed by atoms with van der Waals surface area (Å²) in [6, 6.07) is 5.89. The van der Waals surface area contributed by atoms with E-state index in [1.165, 1.54) is 12.1 Å². The average Bonchev–Trinajstić information content (AvgIpc) is 2.90. The second-order valence-corrected chi connectivity index (χ2v) is 5.61. The van der Waals surface area contributed by atoms with Crippen molar-refractivity contribution >= 4 is 0 Å². The van der Waals surface area contributed by atoms with Gasteiger partial charge in [0, 0.05) is 5.56 Å². The van der Waals surface area contributed by atoms with E-state index in [0.29, 0.717) is 5.56 Å². The van der Waals surface area contributed by atoms with Gasteiger partial charge in [-0.1, -0.05) is 38.0 Å². The van der Waals surface area contributed by atoms with E-state index in [1.54, 1.807) is 12.1 Å². The highest BCUT2D eigenvalue weighted by Gasteiger charge is 2.42. The van der Waals surface area contributed by atoms with Gasteiger partial charge in [0.25, 0.3) is 0 Å². The van der Waals surface area contributed by atoms with Crippen molar-refractivity contribution in [2.75, 3.05) is 0 Å². The summed E-state index contributed by atoms with van der Waals surface area (Å²) in [6.07, 6.45) is 0.229. The van der Waals surface area contributed by atoms with Crippen molar-refractivity contribution < 1.29 is 17.9 Å². The fourth-order valence-corrected chi connectivity index (χ4v) is 3.46. The first-order valence-electron chi connectivity index (χ1n) is 7.23. The van der Waals surface area contributed by atoms with Crippen molar-refractivity contribution in [3.8, 4) is 5.75 Å². The number of hydrogen-bond donors (Lipinski definition) is 2. The van der Waals surface area contributed by atoms with Gasteiger partial charge in [-0.05, 0) is 30.7 Å². The zero-order valence-corrected chi connectivity index (χ0v) is 12.0. The lowest BCUT2D eigenvalue weighted by Gasteiger charge is -2.37. The van der Waals surface area contributed by atoms with Gasteiger partial charge in [0.05, 0.1) is 6.04 Å². The number of hydrogen-bond acceptors (Lipinski definition) is 3. The first kappa shape index (κ1) is 16.1. The quantitative estimate of drug-likeness (QED) is 0.637. The molecular formula is C15H21F3N2O. The van der Waals surface area contributed by atoms with E-state index < -0.39 is 6.36 Å². The molecule has 1 aliphatic rings. The maximum Gasteiger partial charge on any atom is 0.573 e. The van der Waals surface area contributed by atoms with E-state index in [-0.39, 0.29) is 17.2 Å². The normalized spacial score (nSPS) is 19.5. The van der Waals surface area contributed by atoms with Crippen LogP contribution in [0.15, 0.2) is 24.3 Å². The van der Waals surface area contributed by atoms with Gasteiger partial charge in [0.15, 0.2) is 0 Å². The Morgan fingerprint density at radius 2 is 1.90 bits per heavy atom. The molecule has 6 heteroatoms. The fraction of sp³-hybridized carbons (Fsp3) is 0.600. The predicted molar refractivity (Wildman–Crippen MR) is 74.4 cm³/mol. The summed E-state index contributed by atoms with van der Waals surface area (Å²) in [5, 5.41) is 0. The van der Waals surface area contributed by atoms with Gasteiger partial charge in [0.2, 0.25) is 0 Å². The van der Waals surface area contributed by atoms with Crippen LogP contribution in [0.1, 0.15) is 50.6 Å². The second-order valence-electron chi connectivity index (χ2n) is 5.61. The van der Waals surface area contributed by atoms with Gasteiger partial charge in [0.1, 0.15) is 5.75 Å². The zero-order chi connectivity index (χ0) is 15.5. The van der Waals surface area contributed by atoms with Gasteiger partial charge >= 0.3 is 6.36 Å². The predicted octanol–water partition coefficient (Wildman–Crippen LogP) is 4.06. The Labute approximate surface area is 122 Å². The van der Waals surface area contributed by atoms with Gasteiger partial charge in [-0.2, -0.15) is 0 Å². The van der Waals surface area contributed by atoms with E-state index in [0.717, 1.165) is 32.1 Å². The molecule has 0 aromatic heterocycles. The number of alkyl halides is 3. The van der Waals surface area contributed by atoms with Gasteiger partial charge in [-0.25, -0.2) is 0 Å². The molecule has 1 atom stereocenters. The molecule has 0 spiro atoms. The zero-order valence-electron chi connectivity index (χ0n) is 12.0. The van der Waals surface area contributed by atoms with Crippen molar-refractivity contribution in [3.63, 3.8) is 0 Å². The van der Waals surface area contributed by atoms with Crippen LogP contribution in [0.25, 0.3) is 0 Å². The largest absolute Gasteiger partial charge is 0.573 e. The van der Waals surface area contributed by atoms with Crippen LogP contribution in [0.4, 0.5) is 13.2 Å². The van der Waals surface area contributed by atoms with Crippen molar-refractivity contribution in [2.24, 2.45) is 11.3 Å². The smallest absolute Gasteiger partial charge is 0.405 e. The van der Waals surface area contributed by atoms with E-state index >= 15 is 0 Å². The molecule has 3 nitrogen and oxygen atoms in total. The number of nitrogens with two attached hydrogens (primary N) is 1. The molecule has 1 saturated carbocycles. The Hall–Kier alpha value is -1.27. The summed E-state index contributed by atoms with van der Waals surface area (Å²) < 4.78 is 41.9. The van der Waals surface area contributed by atoms with Crippen LogP contribution >= 0.6 is 0 Å². The van der Waals surface area contributed by atoms with Gasteiger partial charge in [-0.15, -0.1) is 13.2 Å². The minimum atomic E-state index is -4.70. The Morgan fingerprint density at radius 1 is 1.29 bits per heavy atom. The summed E-state index contributed by atoms with van der Waals surface area (Å²) in [7, 11) is 0. The van der Waals surface area contributed by atoms with Crippen LogP contribution in [0.2, 0.25) is 0 Å². The van der Waals surface area contributed by atoms with Crippen LogP contribution < -0.4 is 16.0 Å². The standard InChI is InChI=1S/C15H21F3N2O/c1-2-14(9-5-6-10-14)13(20-19)11-7-3-4-8-12(11)21-15(16,17)18/h3-4,7-8,13,20H,2,5-6,9-10,19H2,1H3. The van der Waals surface area contributed by atoms with Crippen molar-refractivity contribution in [1.29, 1.82) is 0 Å². The lowest BCUT2D eigenvalue weighted by molar-refractivity contribution is -0.275. The van der Waals surface area contributed by atoms with Crippen molar-refractivity contribution in [3.05, 3.63) is 29.8 Å². The third kappa shape index (κ3) is 3.49. The summed E-state index contributed by atoms with van der Waals surface area (Å²) >= 11 is 0. The Morgan fingerprint density at radius 3 is 2.43 bits per heavy atom. The number of halogens is 3. The molecule has 118 valence electrons. The molecule has 0 radical (unpaired) electrons. The number of rotatable bonds is 5. The molecule has 0 aliphatic heterocycles. The molecule has 1 unspecified atom stereocenters. The van der Waals surface area contributed by atoms with Gasteiger partial charge in [-0.3, -0.25) is 11.3 Å². The molecule has 1 aromatic carbocycles. The van der Waals surface area contributed by atoms with Crippen LogP contribution in [0.5, 0.6) is 5.75 Å². The minimum Gasteiger partial charge on any atom is -0.405 e. The monoisotopic (exact) mass is 302 g/mol. The highest BCUT2D eigenvalue weighted by molar-refractivity contribution is 5.37. The average molecular weight is 302 g/mol. The number of benzene rings is 1. The SMILES string of the molecule is CCC1(C(NN)c2ccccc2OC(F)(F)F)CCCC1. The highest BCUT2D eigenvalue weighted by atomic mass is 19.4. The number of hydrazine groups is 1. The molecular weight excluding hydrogens is 281 g/mol. The maximum absolute atomic E-state index is 12.6. The van der Waals surface area contributed by atoms with E-state index in [9.17, 15) is 13.2 Å². The van der Waals surface area contributed by atoms with E-state index in [4.69, 9.17) is 5.84 Å². The second kappa shape index (κ2) is 6.23. The molecule has 3 N–H and O–H groups in total. The first-order valence-corrected chi connectivity index (χ1v) is 7.23. The number of para-hydroxylation sites is 1. The lowest BCUT2D eigenvalue weighted by atomic mass is 9.73. The first-order chi connectivity index (χ1) is 9.92. The molecule has 1 aliphatic carbocycles. The molecule has 1 aromatic rings. The number of ether oxygens (including phenoxy) is 1. The Kier molecular flexibility index (Phi) is 4.78. The van der Waals surface area contributed by atoms with Crippen molar-refractivity contribution in [1.82, 2.24) is 5.43 Å². The Balaban J connectivity index is 2.38. The van der Waals surface area contributed by atoms with Crippen LogP contribution in [-0.4, -0.2) is 6.36 Å². The van der Waals surface area contributed by atoms with Crippen molar-refractivity contribution in [2.45, 2.75) is 51.4 Å². The Bertz CT molecular complexity index is 470. The molecule has 21 heavy (non-hydrogen) atoms. The maximum atomic E-state index is 12.6. The number of nitrogens with one attached hydrogen (secondary N) is 1. The third-order valence-corrected chi connectivity index (χ3v) is 4.54. The molecule has 0 amide bonds. The van der Waals surface area contributed by atoms with Crippen LogP contribution in [0.3, 0.4) is 0 Å². The highest BCUT2D eigenvalue weighted by Crippen LogP contribution is 2.51. The van der Waals surface area contributed by atoms with Crippen LogP contribution in [-0.2, 0) is 0 Å². The molecule has 1 fully saturated rings. The minimum absolute atomic E-state index is 0.111. The molecule has 0 heterocycles. The van der Waals surface area contributed by atoms with Gasteiger partial charge < -0.3 is 4.74 Å². The summed E-state index contributed by atoms with van der Waals surface area (Å²) in [6.45, 7) is 2.06.